The van der Waals surface area contributed by atoms with Crippen molar-refractivity contribution >= 4 is 0 Å². The first-order valence-corrected chi connectivity index (χ1v) is 12.3. The molecule has 0 saturated heterocycles. The summed E-state index contributed by atoms with van der Waals surface area (Å²) < 4.78 is 0. The number of aliphatic hydroxyl groups excluding tert-OH is 1. The summed E-state index contributed by atoms with van der Waals surface area (Å²) in [4.78, 5) is 0. The van der Waals surface area contributed by atoms with Gasteiger partial charge < -0.3 is 5.11 Å². The standard InChI is InChI=1S/C27H44O/c1-18(2)7-6-8-19(3)23-11-12-24-22-10-9-20-17-21(28)13-15-26(20,4)25(22)14-16-27(23,24)5/h7,10,19-21,23-25,28H,6,8-9,11-17H2,1-5H3/t19-,20+,21-,23+,24-,25-,26-,27+/m0/s1. The van der Waals surface area contributed by atoms with Gasteiger partial charge in [-0.1, -0.05) is 44.1 Å². The molecule has 1 N–H and O–H groups in total. The zero-order valence-electron chi connectivity index (χ0n) is 19.1. The highest BCUT2D eigenvalue weighted by Gasteiger charge is 2.58. The lowest BCUT2D eigenvalue weighted by Gasteiger charge is -2.57. The van der Waals surface area contributed by atoms with Crippen LogP contribution in [-0.2, 0) is 0 Å². The molecule has 1 heteroatoms. The maximum Gasteiger partial charge on any atom is 0.0543 e. The van der Waals surface area contributed by atoms with Crippen LogP contribution < -0.4 is 0 Å². The molecule has 0 unspecified atom stereocenters. The minimum atomic E-state index is -0.0422. The van der Waals surface area contributed by atoms with Crippen LogP contribution in [0.4, 0.5) is 0 Å². The highest BCUT2D eigenvalue weighted by atomic mass is 16.3. The first-order valence-electron chi connectivity index (χ1n) is 12.3. The molecule has 0 radical (unpaired) electrons. The Morgan fingerprint density at radius 1 is 1.11 bits per heavy atom. The minimum Gasteiger partial charge on any atom is -0.393 e. The second kappa shape index (κ2) is 7.60. The molecule has 4 aliphatic carbocycles. The van der Waals surface area contributed by atoms with Crippen LogP contribution in [-0.4, -0.2) is 11.2 Å². The summed E-state index contributed by atoms with van der Waals surface area (Å²) in [5, 5.41) is 10.2. The average molecular weight is 385 g/mol. The van der Waals surface area contributed by atoms with Gasteiger partial charge in [0.1, 0.15) is 0 Å². The normalized spacial score (nSPS) is 46.1. The molecule has 0 aromatic carbocycles. The van der Waals surface area contributed by atoms with Crippen LogP contribution in [0.3, 0.4) is 0 Å². The van der Waals surface area contributed by atoms with Crippen LogP contribution in [0.5, 0.6) is 0 Å². The first kappa shape index (κ1) is 20.7. The van der Waals surface area contributed by atoms with Crippen LogP contribution in [0, 0.1) is 40.4 Å². The van der Waals surface area contributed by atoms with Gasteiger partial charge in [0, 0.05) is 0 Å². The quantitative estimate of drug-likeness (QED) is 0.504. The number of hydrogen-bond donors (Lipinski definition) is 1. The lowest BCUT2D eigenvalue weighted by atomic mass is 9.47. The van der Waals surface area contributed by atoms with Crippen molar-refractivity contribution in [3.63, 3.8) is 0 Å². The zero-order chi connectivity index (χ0) is 20.1. The van der Waals surface area contributed by atoms with Crippen LogP contribution in [0.25, 0.3) is 0 Å². The minimum absolute atomic E-state index is 0.0422. The van der Waals surface area contributed by atoms with Gasteiger partial charge in [-0.25, -0.2) is 0 Å². The average Bonchev–Trinajstić information content (AvgIpc) is 2.99. The fourth-order valence-corrected chi connectivity index (χ4v) is 8.30. The fraction of sp³-hybridized carbons (Fsp3) is 0.852. The number of fused-ring (bicyclic) bond motifs is 5. The summed E-state index contributed by atoms with van der Waals surface area (Å²) in [7, 11) is 0. The molecular formula is C27H44O. The Hall–Kier alpha value is -0.560. The van der Waals surface area contributed by atoms with E-state index in [1.165, 1.54) is 56.9 Å². The largest absolute Gasteiger partial charge is 0.393 e. The highest BCUT2D eigenvalue weighted by Crippen LogP contribution is 2.66. The van der Waals surface area contributed by atoms with E-state index in [0.717, 1.165) is 42.4 Å². The molecule has 0 aromatic rings. The van der Waals surface area contributed by atoms with E-state index in [-0.39, 0.29) is 6.10 Å². The Labute approximate surface area is 174 Å². The van der Waals surface area contributed by atoms with Crippen molar-refractivity contribution in [2.75, 3.05) is 0 Å². The Balaban J connectivity index is 1.52. The van der Waals surface area contributed by atoms with E-state index in [9.17, 15) is 5.11 Å². The summed E-state index contributed by atoms with van der Waals surface area (Å²) in [5.74, 6) is 4.11. The highest BCUT2D eigenvalue weighted by molar-refractivity contribution is 5.27. The number of hydrogen-bond acceptors (Lipinski definition) is 1. The molecule has 1 nitrogen and oxygen atoms in total. The lowest BCUT2D eigenvalue weighted by molar-refractivity contribution is -0.0426. The Kier molecular flexibility index (Phi) is 5.62. The van der Waals surface area contributed by atoms with Gasteiger partial charge >= 0.3 is 0 Å². The zero-order valence-corrected chi connectivity index (χ0v) is 19.1. The molecule has 0 spiro atoms. The molecule has 28 heavy (non-hydrogen) atoms. The maximum absolute atomic E-state index is 10.2. The Morgan fingerprint density at radius 3 is 2.57 bits per heavy atom. The molecule has 3 saturated carbocycles. The molecule has 4 aliphatic rings. The van der Waals surface area contributed by atoms with Gasteiger partial charge in [0.05, 0.1) is 6.10 Å². The van der Waals surface area contributed by atoms with Gasteiger partial charge in [-0.3, -0.25) is 0 Å². The molecule has 4 rings (SSSR count). The topological polar surface area (TPSA) is 20.2 Å². The van der Waals surface area contributed by atoms with Crippen LogP contribution in [0.1, 0.15) is 98.8 Å². The van der Waals surface area contributed by atoms with E-state index in [4.69, 9.17) is 0 Å². The fourth-order valence-electron chi connectivity index (χ4n) is 8.30. The van der Waals surface area contributed by atoms with Crippen molar-refractivity contribution in [1.82, 2.24) is 0 Å². The van der Waals surface area contributed by atoms with Gasteiger partial charge in [-0.2, -0.15) is 0 Å². The molecule has 0 bridgehead atoms. The van der Waals surface area contributed by atoms with Crippen molar-refractivity contribution in [3.05, 3.63) is 23.3 Å². The van der Waals surface area contributed by atoms with E-state index in [0.29, 0.717) is 10.8 Å². The van der Waals surface area contributed by atoms with Gasteiger partial charge in [-0.15, -0.1) is 0 Å². The number of aliphatic hydroxyl groups is 1. The molecule has 158 valence electrons. The summed E-state index contributed by atoms with van der Waals surface area (Å²) in [6, 6.07) is 0. The number of rotatable bonds is 4. The third-order valence-corrected chi connectivity index (χ3v) is 9.99. The molecule has 0 aromatic heterocycles. The van der Waals surface area contributed by atoms with E-state index < -0.39 is 0 Å². The SMILES string of the molecule is CC(C)=CCC[C@H](C)[C@H]1CC[C@H]2C3=CC[C@@H]4C[C@@H](O)CC[C@]4(C)[C@H]3CC[C@]12C. The van der Waals surface area contributed by atoms with Gasteiger partial charge in [-0.05, 0) is 118 Å². The second-order valence-corrected chi connectivity index (χ2v) is 11.7. The molecule has 0 heterocycles. The van der Waals surface area contributed by atoms with Crippen LogP contribution >= 0.6 is 0 Å². The lowest BCUT2D eigenvalue weighted by Crippen LogP contribution is -2.49. The van der Waals surface area contributed by atoms with Gasteiger partial charge in [0.15, 0.2) is 0 Å². The van der Waals surface area contributed by atoms with Crippen molar-refractivity contribution in [2.45, 2.75) is 105 Å². The summed E-state index contributed by atoms with van der Waals surface area (Å²) in [6.07, 6.45) is 17.9. The van der Waals surface area contributed by atoms with E-state index in [1.807, 2.05) is 5.57 Å². The Morgan fingerprint density at radius 2 is 1.82 bits per heavy atom. The summed E-state index contributed by atoms with van der Waals surface area (Å²) >= 11 is 0. The van der Waals surface area contributed by atoms with Gasteiger partial charge in [0.2, 0.25) is 0 Å². The van der Waals surface area contributed by atoms with E-state index >= 15 is 0 Å². The third kappa shape index (κ3) is 3.34. The monoisotopic (exact) mass is 384 g/mol. The molecule has 0 aliphatic heterocycles. The van der Waals surface area contributed by atoms with Crippen molar-refractivity contribution in [3.8, 4) is 0 Å². The van der Waals surface area contributed by atoms with Crippen molar-refractivity contribution in [2.24, 2.45) is 40.4 Å². The molecule has 0 amide bonds. The molecule has 8 atom stereocenters. The van der Waals surface area contributed by atoms with Crippen molar-refractivity contribution in [1.29, 1.82) is 0 Å². The predicted molar refractivity (Wildman–Crippen MR) is 119 cm³/mol. The van der Waals surface area contributed by atoms with Crippen LogP contribution in [0.15, 0.2) is 23.3 Å². The molecule has 3 fully saturated rings. The Bertz CT molecular complexity index is 641. The smallest absolute Gasteiger partial charge is 0.0543 e. The predicted octanol–water partition coefficient (Wildman–Crippen LogP) is 7.31. The maximum atomic E-state index is 10.2. The van der Waals surface area contributed by atoms with E-state index in [2.05, 4.69) is 46.8 Å². The number of allylic oxidation sites excluding steroid dienone is 4. The first-order chi connectivity index (χ1) is 13.3. The van der Waals surface area contributed by atoms with Crippen molar-refractivity contribution < 1.29 is 5.11 Å². The summed E-state index contributed by atoms with van der Waals surface area (Å²) in [5.41, 5.74) is 4.32. The van der Waals surface area contributed by atoms with Crippen LogP contribution in [0.2, 0.25) is 0 Å². The second-order valence-electron chi connectivity index (χ2n) is 11.7. The van der Waals surface area contributed by atoms with E-state index in [1.54, 1.807) is 0 Å². The third-order valence-electron chi connectivity index (χ3n) is 9.99. The molecular weight excluding hydrogens is 340 g/mol. The summed E-state index contributed by atoms with van der Waals surface area (Å²) in [6.45, 7) is 12.2. The van der Waals surface area contributed by atoms with Gasteiger partial charge in [0.25, 0.3) is 0 Å².